The molecule has 0 radical (unpaired) electrons. The standard InChI is InChI=1S/C16H14N2OS/c1-11-7-8-12(10-17)9-14(11)18-16(19)13-5-3-4-6-15(13)20-2/h3-9H,1-2H3,(H,18,19). The average Bonchev–Trinajstić information content (AvgIpc) is 2.49. The molecular weight excluding hydrogens is 268 g/mol. The number of thioether (sulfide) groups is 1. The number of hydrogen-bond acceptors (Lipinski definition) is 3. The Labute approximate surface area is 122 Å². The Bertz CT molecular complexity index is 689. The van der Waals surface area contributed by atoms with Gasteiger partial charge in [0.1, 0.15) is 0 Å². The first-order valence-corrected chi connectivity index (χ1v) is 7.33. The second-order valence-corrected chi connectivity index (χ2v) is 5.14. The van der Waals surface area contributed by atoms with E-state index in [1.54, 1.807) is 18.2 Å². The smallest absolute Gasteiger partial charge is 0.256 e. The van der Waals surface area contributed by atoms with Crippen LogP contribution in [-0.4, -0.2) is 12.2 Å². The maximum atomic E-state index is 12.3. The van der Waals surface area contributed by atoms with Gasteiger partial charge in [0, 0.05) is 10.6 Å². The van der Waals surface area contributed by atoms with Gasteiger partial charge in [-0.05, 0) is 43.0 Å². The maximum absolute atomic E-state index is 12.3. The van der Waals surface area contributed by atoms with Crippen LogP contribution in [0.3, 0.4) is 0 Å². The number of amides is 1. The van der Waals surface area contributed by atoms with E-state index in [2.05, 4.69) is 11.4 Å². The average molecular weight is 282 g/mol. The molecule has 0 heterocycles. The van der Waals surface area contributed by atoms with Crippen molar-refractivity contribution in [1.29, 1.82) is 5.26 Å². The molecule has 0 bridgehead atoms. The van der Waals surface area contributed by atoms with Gasteiger partial charge in [-0.25, -0.2) is 0 Å². The Hall–Kier alpha value is -2.25. The van der Waals surface area contributed by atoms with Crippen LogP contribution < -0.4 is 5.32 Å². The molecule has 20 heavy (non-hydrogen) atoms. The fraction of sp³-hybridized carbons (Fsp3) is 0.125. The zero-order valence-electron chi connectivity index (χ0n) is 11.3. The lowest BCUT2D eigenvalue weighted by Gasteiger charge is -2.10. The van der Waals surface area contributed by atoms with Gasteiger partial charge < -0.3 is 5.32 Å². The molecule has 2 aromatic carbocycles. The molecular formula is C16H14N2OS. The molecule has 100 valence electrons. The van der Waals surface area contributed by atoms with Crippen molar-refractivity contribution in [2.75, 3.05) is 11.6 Å². The van der Waals surface area contributed by atoms with E-state index in [9.17, 15) is 4.79 Å². The molecule has 0 saturated heterocycles. The Balaban J connectivity index is 2.30. The summed E-state index contributed by atoms with van der Waals surface area (Å²) in [5.74, 6) is -0.159. The van der Waals surface area contributed by atoms with E-state index in [1.165, 1.54) is 11.8 Å². The Kier molecular flexibility index (Phi) is 4.44. The minimum Gasteiger partial charge on any atom is -0.322 e. The minimum atomic E-state index is -0.159. The SMILES string of the molecule is CSc1ccccc1C(=O)Nc1cc(C#N)ccc1C. The molecule has 0 atom stereocenters. The molecule has 2 aromatic rings. The van der Waals surface area contributed by atoms with Gasteiger partial charge in [-0.3, -0.25) is 4.79 Å². The van der Waals surface area contributed by atoms with Crippen molar-refractivity contribution in [3.63, 3.8) is 0 Å². The number of nitriles is 1. The molecule has 1 amide bonds. The first-order chi connectivity index (χ1) is 9.65. The number of anilines is 1. The minimum absolute atomic E-state index is 0.159. The topological polar surface area (TPSA) is 52.9 Å². The van der Waals surface area contributed by atoms with Crippen LogP contribution in [0.4, 0.5) is 5.69 Å². The Morgan fingerprint density at radius 3 is 2.70 bits per heavy atom. The van der Waals surface area contributed by atoms with E-state index in [-0.39, 0.29) is 5.91 Å². The summed E-state index contributed by atoms with van der Waals surface area (Å²) in [4.78, 5) is 13.3. The highest BCUT2D eigenvalue weighted by Crippen LogP contribution is 2.22. The summed E-state index contributed by atoms with van der Waals surface area (Å²) in [5.41, 5.74) is 2.77. The number of rotatable bonds is 3. The van der Waals surface area contributed by atoms with Crippen LogP contribution in [0, 0.1) is 18.3 Å². The Morgan fingerprint density at radius 1 is 1.25 bits per heavy atom. The molecule has 1 N–H and O–H groups in total. The summed E-state index contributed by atoms with van der Waals surface area (Å²) >= 11 is 1.53. The van der Waals surface area contributed by atoms with Gasteiger partial charge in [-0.1, -0.05) is 18.2 Å². The molecule has 0 aliphatic heterocycles. The van der Waals surface area contributed by atoms with Crippen molar-refractivity contribution in [3.8, 4) is 6.07 Å². The van der Waals surface area contributed by atoms with Gasteiger partial charge >= 0.3 is 0 Å². The predicted molar refractivity (Wildman–Crippen MR) is 82.1 cm³/mol. The number of carbonyl (C=O) groups excluding carboxylic acids is 1. The van der Waals surface area contributed by atoms with E-state index < -0.39 is 0 Å². The summed E-state index contributed by atoms with van der Waals surface area (Å²) in [6.07, 6.45) is 1.94. The van der Waals surface area contributed by atoms with Gasteiger partial charge in [0.15, 0.2) is 0 Å². The molecule has 0 spiro atoms. The van der Waals surface area contributed by atoms with Gasteiger partial charge in [-0.15, -0.1) is 11.8 Å². The first-order valence-electron chi connectivity index (χ1n) is 6.11. The highest BCUT2D eigenvalue weighted by Gasteiger charge is 2.11. The van der Waals surface area contributed by atoms with Crippen molar-refractivity contribution < 1.29 is 4.79 Å². The van der Waals surface area contributed by atoms with Crippen molar-refractivity contribution >= 4 is 23.4 Å². The van der Waals surface area contributed by atoms with E-state index in [1.807, 2.05) is 37.4 Å². The number of nitrogens with one attached hydrogen (secondary N) is 1. The van der Waals surface area contributed by atoms with Crippen molar-refractivity contribution in [3.05, 3.63) is 59.2 Å². The molecule has 0 saturated carbocycles. The third-order valence-corrected chi connectivity index (χ3v) is 3.76. The highest BCUT2D eigenvalue weighted by atomic mass is 32.2. The molecule has 0 fully saturated rings. The normalized spacial score (nSPS) is 9.85. The summed E-state index contributed by atoms with van der Waals surface area (Å²) < 4.78 is 0. The molecule has 0 aliphatic rings. The highest BCUT2D eigenvalue weighted by molar-refractivity contribution is 7.98. The van der Waals surface area contributed by atoms with E-state index in [0.29, 0.717) is 16.8 Å². The van der Waals surface area contributed by atoms with Crippen LogP contribution in [0.15, 0.2) is 47.4 Å². The number of nitrogens with zero attached hydrogens (tertiary/aromatic N) is 1. The summed E-state index contributed by atoms with van der Waals surface area (Å²) in [5, 5.41) is 11.8. The van der Waals surface area contributed by atoms with Crippen molar-refractivity contribution in [1.82, 2.24) is 0 Å². The molecule has 2 rings (SSSR count). The van der Waals surface area contributed by atoms with E-state index in [0.717, 1.165) is 10.5 Å². The summed E-state index contributed by atoms with van der Waals surface area (Å²) in [6, 6.07) is 14.8. The van der Waals surface area contributed by atoms with Gasteiger partial charge in [0.2, 0.25) is 0 Å². The predicted octanol–water partition coefficient (Wildman–Crippen LogP) is 3.84. The number of carbonyl (C=O) groups is 1. The lowest BCUT2D eigenvalue weighted by Crippen LogP contribution is -2.13. The molecule has 4 heteroatoms. The van der Waals surface area contributed by atoms with Gasteiger partial charge in [-0.2, -0.15) is 5.26 Å². The van der Waals surface area contributed by atoms with E-state index in [4.69, 9.17) is 5.26 Å². The number of aryl methyl sites for hydroxylation is 1. The fourth-order valence-corrected chi connectivity index (χ4v) is 2.44. The molecule has 0 aromatic heterocycles. The lowest BCUT2D eigenvalue weighted by atomic mass is 10.1. The second kappa shape index (κ2) is 6.27. The van der Waals surface area contributed by atoms with Crippen LogP contribution in [0.5, 0.6) is 0 Å². The van der Waals surface area contributed by atoms with Crippen LogP contribution in [0.25, 0.3) is 0 Å². The largest absolute Gasteiger partial charge is 0.322 e. The van der Waals surface area contributed by atoms with Gasteiger partial charge in [0.25, 0.3) is 5.91 Å². The number of hydrogen-bond donors (Lipinski definition) is 1. The van der Waals surface area contributed by atoms with Crippen molar-refractivity contribution in [2.45, 2.75) is 11.8 Å². The number of benzene rings is 2. The summed E-state index contributed by atoms with van der Waals surface area (Å²) in [6.45, 7) is 1.90. The molecule has 0 unspecified atom stereocenters. The van der Waals surface area contributed by atoms with Crippen LogP contribution >= 0.6 is 11.8 Å². The molecule has 3 nitrogen and oxygen atoms in total. The fourth-order valence-electron chi connectivity index (χ4n) is 1.85. The Morgan fingerprint density at radius 2 is 2.00 bits per heavy atom. The second-order valence-electron chi connectivity index (χ2n) is 4.30. The quantitative estimate of drug-likeness (QED) is 0.870. The lowest BCUT2D eigenvalue weighted by molar-refractivity contribution is 0.102. The van der Waals surface area contributed by atoms with Gasteiger partial charge in [0.05, 0.1) is 17.2 Å². The third-order valence-electron chi connectivity index (χ3n) is 2.97. The van der Waals surface area contributed by atoms with Crippen LogP contribution in [0.1, 0.15) is 21.5 Å². The zero-order chi connectivity index (χ0) is 14.5. The zero-order valence-corrected chi connectivity index (χ0v) is 12.1. The van der Waals surface area contributed by atoms with Crippen LogP contribution in [-0.2, 0) is 0 Å². The summed E-state index contributed by atoms with van der Waals surface area (Å²) in [7, 11) is 0. The third kappa shape index (κ3) is 3.01. The monoisotopic (exact) mass is 282 g/mol. The first kappa shape index (κ1) is 14.2. The van der Waals surface area contributed by atoms with E-state index >= 15 is 0 Å². The maximum Gasteiger partial charge on any atom is 0.256 e. The van der Waals surface area contributed by atoms with Crippen molar-refractivity contribution in [2.24, 2.45) is 0 Å². The molecule has 0 aliphatic carbocycles. The van der Waals surface area contributed by atoms with Crippen LogP contribution in [0.2, 0.25) is 0 Å².